The van der Waals surface area contributed by atoms with Crippen molar-refractivity contribution < 1.29 is 4.79 Å². The lowest BCUT2D eigenvalue weighted by Crippen LogP contribution is -2.14. The molecule has 26 heavy (non-hydrogen) atoms. The van der Waals surface area contributed by atoms with E-state index in [1.54, 1.807) is 12.3 Å². The largest absolute Gasteiger partial charge is 0.326 e. The van der Waals surface area contributed by atoms with E-state index in [0.29, 0.717) is 5.02 Å². The fourth-order valence-electron chi connectivity index (χ4n) is 2.64. The summed E-state index contributed by atoms with van der Waals surface area (Å²) in [5, 5.41) is 4.40. The predicted octanol–water partition coefficient (Wildman–Crippen LogP) is 5.19. The Bertz CT molecular complexity index is 1060. The first-order valence-electron chi connectivity index (χ1n) is 8.04. The van der Waals surface area contributed by atoms with Crippen molar-refractivity contribution in [2.45, 2.75) is 6.42 Å². The maximum absolute atomic E-state index is 12.3. The Morgan fingerprint density at radius 2 is 1.96 bits per heavy atom. The van der Waals surface area contributed by atoms with E-state index in [0.717, 1.165) is 32.2 Å². The van der Waals surface area contributed by atoms with E-state index < -0.39 is 0 Å². The maximum Gasteiger partial charge on any atom is 0.228 e. The number of amides is 1. The third kappa shape index (κ3) is 3.59. The number of anilines is 1. The van der Waals surface area contributed by atoms with Gasteiger partial charge in [-0.15, -0.1) is 0 Å². The van der Waals surface area contributed by atoms with Crippen molar-refractivity contribution in [1.82, 2.24) is 9.97 Å². The summed E-state index contributed by atoms with van der Waals surface area (Å²) < 4.78 is 0. The first-order valence-corrected chi connectivity index (χ1v) is 9.24. The summed E-state index contributed by atoms with van der Waals surface area (Å²) in [6, 6.07) is 18.8. The van der Waals surface area contributed by atoms with E-state index in [1.807, 2.05) is 54.6 Å². The standard InChI is InChI=1S/C20H14ClN3OS/c21-16-8-2-1-5-13(16)12-18(25)23-15-7-3-6-14(11-15)19-24-17-9-4-10-22-20(17)26-19/h1-11H,12H2,(H,23,25). The maximum atomic E-state index is 12.3. The summed E-state index contributed by atoms with van der Waals surface area (Å²) in [4.78, 5) is 22.2. The number of aromatic nitrogens is 2. The number of benzene rings is 2. The Morgan fingerprint density at radius 3 is 2.81 bits per heavy atom. The smallest absolute Gasteiger partial charge is 0.228 e. The lowest BCUT2D eigenvalue weighted by Gasteiger charge is -2.07. The molecule has 0 saturated carbocycles. The van der Waals surface area contributed by atoms with Crippen molar-refractivity contribution in [3.63, 3.8) is 0 Å². The second-order valence-electron chi connectivity index (χ2n) is 5.74. The van der Waals surface area contributed by atoms with Gasteiger partial charge in [-0.3, -0.25) is 4.79 Å². The molecule has 0 radical (unpaired) electrons. The monoisotopic (exact) mass is 379 g/mol. The van der Waals surface area contributed by atoms with Crippen molar-refractivity contribution in [1.29, 1.82) is 0 Å². The molecule has 1 amide bonds. The van der Waals surface area contributed by atoms with Crippen LogP contribution < -0.4 is 5.32 Å². The Kier molecular flexibility index (Phi) is 4.65. The molecule has 4 nitrogen and oxygen atoms in total. The van der Waals surface area contributed by atoms with Crippen molar-refractivity contribution in [2.24, 2.45) is 0 Å². The van der Waals surface area contributed by atoms with E-state index in [2.05, 4.69) is 15.3 Å². The predicted molar refractivity (Wildman–Crippen MR) is 107 cm³/mol. The van der Waals surface area contributed by atoms with Crippen LogP contribution in [0.4, 0.5) is 5.69 Å². The van der Waals surface area contributed by atoms with Gasteiger partial charge in [0.25, 0.3) is 0 Å². The number of hydrogen-bond donors (Lipinski definition) is 1. The van der Waals surface area contributed by atoms with Gasteiger partial charge in [0.15, 0.2) is 0 Å². The molecule has 4 aromatic rings. The number of halogens is 1. The summed E-state index contributed by atoms with van der Waals surface area (Å²) in [6.45, 7) is 0. The number of hydrogen-bond acceptors (Lipinski definition) is 4. The van der Waals surface area contributed by atoms with Crippen LogP contribution >= 0.6 is 22.9 Å². The molecule has 0 aliphatic heterocycles. The Morgan fingerprint density at radius 1 is 1.08 bits per heavy atom. The van der Waals surface area contributed by atoms with Gasteiger partial charge < -0.3 is 5.32 Å². The molecule has 128 valence electrons. The fourth-order valence-corrected chi connectivity index (χ4v) is 3.75. The minimum absolute atomic E-state index is 0.110. The first kappa shape index (κ1) is 16.7. The molecule has 6 heteroatoms. The Balaban J connectivity index is 1.54. The van der Waals surface area contributed by atoms with Gasteiger partial charge >= 0.3 is 0 Å². The van der Waals surface area contributed by atoms with Crippen molar-refractivity contribution >= 4 is 44.9 Å². The van der Waals surface area contributed by atoms with Gasteiger partial charge in [0.1, 0.15) is 15.4 Å². The van der Waals surface area contributed by atoms with Crippen LogP contribution in [0.25, 0.3) is 20.9 Å². The molecular weight excluding hydrogens is 366 g/mol. The van der Waals surface area contributed by atoms with Crippen LogP contribution in [0.3, 0.4) is 0 Å². The number of carbonyl (C=O) groups is 1. The molecule has 0 fully saturated rings. The Hall–Kier alpha value is -2.76. The third-order valence-electron chi connectivity index (χ3n) is 3.87. The molecule has 1 N–H and O–H groups in total. The van der Waals surface area contributed by atoms with E-state index in [-0.39, 0.29) is 12.3 Å². The van der Waals surface area contributed by atoms with Gasteiger partial charge in [-0.1, -0.05) is 53.3 Å². The molecule has 0 atom stereocenters. The highest BCUT2D eigenvalue weighted by atomic mass is 35.5. The number of rotatable bonds is 4. The summed E-state index contributed by atoms with van der Waals surface area (Å²) in [7, 11) is 0. The zero-order valence-electron chi connectivity index (χ0n) is 13.6. The summed E-state index contributed by atoms with van der Waals surface area (Å²) >= 11 is 7.65. The normalized spacial score (nSPS) is 10.8. The molecule has 0 aliphatic carbocycles. The topological polar surface area (TPSA) is 54.9 Å². The van der Waals surface area contributed by atoms with Crippen LogP contribution in [0.15, 0.2) is 66.9 Å². The summed E-state index contributed by atoms with van der Waals surface area (Å²) in [5.41, 5.74) is 3.36. The van der Waals surface area contributed by atoms with E-state index >= 15 is 0 Å². The van der Waals surface area contributed by atoms with Crippen LogP contribution in [0, 0.1) is 0 Å². The average Bonchev–Trinajstić information content (AvgIpc) is 3.08. The zero-order valence-corrected chi connectivity index (χ0v) is 15.2. The highest BCUT2D eigenvalue weighted by Gasteiger charge is 2.10. The van der Waals surface area contributed by atoms with E-state index in [4.69, 9.17) is 11.6 Å². The molecule has 0 unspecified atom stereocenters. The number of nitrogens with zero attached hydrogens (tertiary/aromatic N) is 2. The third-order valence-corrected chi connectivity index (χ3v) is 5.27. The number of carbonyl (C=O) groups excluding carboxylic acids is 1. The minimum atomic E-state index is -0.110. The summed E-state index contributed by atoms with van der Waals surface area (Å²) in [5.74, 6) is -0.110. The Labute approximate surface area is 159 Å². The lowest BCUT2D eigenvalue weighted by molar-refractivity contribution is -0.115. The molecule has 0 spiro atoms. The van der Waals surface area contributed by atoms with Crippen LogP contribution in [0.1, 0.15) is 5.56 Å². The van der Waals surface area contributed by atoms with Crippen LogP contribution in [-0.4, -0.2) is 15.9 Å². The SMILES string of the molecule is O=C(Cc1ccccc1Cl)Nc1cccc(-c2nc3cccnc3s2)c1. The zero-order chi connectivity index (χ0) is 17.9. The highest BCUT2D eigenvalue weighted by molar-refractivity contribution is 7.21. The van der Waals surface area contributed by atoms with Crippen molar-refractivity contribution in [3.05, 3.63) is 77.4 Å². The molecule has 0 bridgehead atoms. The molecule has 2 aromatic carbocycles. The molecule has 4 rings (SSSR count). The van der Waals surface area contributed by atoms with Gasteiger partial charge in [-0.2, -0.15) is 0 Å². The molecule has 2 aromatic heterocycles. The second kappa shape index (κ2) is 7.23. The van der Waals surface area contributed by atoms with Gasteiger partial charge in [0, 0.05) is 22.5 Å². The van der Waals surface area contributed by atoms with Crippen molar-refractivity contribution in [3.8, 4) is 10.6 Å². The lowest BCUT2D eigenvalue weighted by atomic mass is 10.1. The highest BCUT2D eigenvalue weighted by Crippen LogP contribution is 2.30. The minimum Gasteiger partial charge on any atom is -0.326 e. The summed E-state index contributed by atoms with van der Waals surface area (Å²) in [6.07, 6.45) is 1.99. The van der Waals surface area contributed by atoms with Crippen molar-refractivity contribution in [2.75, 3.05) is 5.32 Å². The number of nitrogens with one attached hydrogen (secondary N) is 1. The molecular formula is C20H14ClN3OS. The van der Waals surface area contributed by atoms with Crippen LogP contribution in [-0.2, 0) is 11.2 Å². The van der Waals surface area contributed by atoms with Crippen LogP contribution in [0.2, 0.25) is 5.02 Å². The fraction of sp³-hybridized carbons (Fsp3) is 0.0500. The number of thiazole rings is 1. The van der Waals surface area contributed by atoms with Gasteiger partial charge in [-0.25, -0.2) is 9.97 Å². The van der Waals surface area contributed by atoms with Gasteiger partial charge in [0.05, 0.1) is 6.42 Å². The molecule has 0 aliphatic rings. The van der Waals surface area contributed by atoms with Gasteiger partial charge in [0.2, 0.25) is 5.91 Å². The van der Waals surface area contributed by atoms with E-state index in [9.17, 15) is 4.79 Å². The number of fused-ring (bicyclic) bond motifs is 1. The molecule has 0 saturated heterocycles. The number of pyridine rings is 1. The van der Waals surface area contributed by atoms with Gasteiger partial charge in [-0.05, 0) is 35.9 Å². The first-order chi connectivity index (χ1) is 12.7. The van der Waals surface area contributed by atoms with Crippen LogP contribution in [0.5, 0.6) is 0 Å². The van der Waals surface area contributed by atoms with E-state index in [1.165, 1.54) is 11.3 Å². The quantitative estimate of drug-likeness (QED) is 0.530. The average molecular weight is 380 g/mol. The molecule has 2 heterocycles. The second-order valence-corrected chi connectivity index (χ2v) is 7.13.